The SMILES string of the molecule is CC[C@@H]1c2cccn2-c2ccccc2CN1C(=O)Nc1ccc(F)cc1F. The predicted molar refractivity (Wildman–Crippen MR) is 99.7 cm³/mol. The summed E-state index contributed by atoms with van der Waals surface area (Å²) in [5, 5.41) is 2.59. The number of urea groups is 1. The lowest BCUT2D eigenvalue weighted by molar-refractivity contribution is 0.181. The van der Waals surface area contributed by atoms with Gasteiger partial charge in [0.2, 0.25) is 0 Å². The Hall–Kier alpha value is -3.15. The molecule has 0 radical (unpaired) electrons. The lowest BCUT2D eigenvalue weighted by Crippen LogP contribution is -2.37. The zero-order valence-corrected chi connectivity index (χ0v) is 14.8. The first-order valence-electron chi connectivity index (χ1n) is 8.86. The normalized spacial score (nSPS) is 15.7. The maximum absolute atomic E-state index is 14.0. The number of carbonyl (C=O) groups is 1. The molecule has 0 fully saturated rings. The molecular formula is C21H19F2N3O. The molecule has 6 heteroatoms. The molecule has 0 saturated carbocycles. The number of nitrogens with one attached hydrogen (secondary N) is 1. The number of amides is 2. The van der Waals surface area contributed by atoms with E-state index < -0.39 is 17.7 Å². The molecule has 2 heterocycles. The Morgan fingerprint density at radius 1 is 1.15 bits per heavy atom. The summed E-state index contributed by atoms with van der Waals surface area (Å²) in [7, 11) is 0. The number of hydrogen-bond acceptors (Lipinski definition) is 1. The first-order valence-corrected chi connectivity index (χ1v) is 8.86. The van der Waals surface area contributed by atoms with Gasteiger partial charge in [-0.3, -0.25) is 0 Å². The highest BCUT2D eigenvalue weighted by Gasteiger charge is 2.30. The third kappa shape index (κ3) is 3.07. The average molecular weight is 367 g/mol. The number of benzene rings is 2. The molecule has 27 heavy (non-hydrogen) atoms. The van der Waals surface area contributed by atoms with Crippen LogP contribution in [-0.2, 0) is 6.54 Å². The van der Waals surface area contributed by atoms with Gasteiger partial charge in [0, 0.05) is 18.0 Å². The minimum atomic E-state index is -0.796. The van der Waals surface area contributed by atoms with E-state index in [0.29, 0.717) is 13.0 Å². The van der Waals surface area contributed by atoms with Crippen molar-refractivity contribution >= 4 is 11.7 Å². The zero-order chi connectivity index (χ0) is 19.0. The molecule has 2 amide bonds. The van der Waals surface area contributed by atoms with E-state index in [1.165, 1.54) is 6.07 Å². The summed E-state index contributed by atoms with van der Waals surface area (Å²) in [6.45, 7) is 2.40. The van der Waals surface area contributed by atoms with Crippen LogP contribution < -0.4 is 5.32 Å². The lowest BCUT2D eigenvalue weighted by Gasteiger charge is -2.29. The highest BCUT2D eigenvalue weighted by atomic mass is 19.1. The molecule has 1 aliphatic heterocycles. The summed E-state index contributed by atoms with van der Waals surface area (Å²) in [6, 6.07) is 14.4. The van der Waals surface area contributed by atoms with Gasteiger partial charge >= 0.3 is 6.03 Å². The Morgan fingerprint density at radius 2 is 1.96 bits per heavy atom. The maximum Gasteiger partial charge on any atom is 0.322 e. The highest BCUT2D eigenvalue weighted by Crippen LogP contribution is 2.34. The Kier molecular flexibility index (Phi) is 4.39. The van der Waals surface area contributed by atoms with Crippen LogP contribution in [0.25, 0.3) is 5.69 Å². The van der Waals surface area contributed by atoms with E-state index in [-0.39, 0.29) is 11.7 Å². The van der Waals surface area contributed by atoms with E-state index in [2.05, 4.69) is 9.88 Å². The van der Waals surface area contributed by atoms with E-state index in [1.54, 1.807) is 4.90 Å². The van der Waals surface area contributed by atoms with Gasteiger partial charge in [0.1, 0.15) is 11.6 Å². The van der Waals surface area contributed by atoms with Crippen molar-refractivity contribution in [1.29, 1.82) is 0 Å². The van der Waals surface area contributed by atoms with Crippen molar-refractivity contribution in [3.63, 3.8) is 0 Å². The van der Waals surface area contributed by atoms with Gasteiger partial charge in [0.05, 0.1) is 24.0 Å². The molecule has 0 saturated heterocycles. The Morgan fingerprint density at radius 3 is 2.74 bits per heavy atom. The molecule has 4 rings (SSSR count). The number of nitrogens with zero attached hydrogens (tertiary/aromatic N) is 2. The number of halogens is 2. The van der Waals surface area contributed by atoms with Crippen molar-refractivity contribution < 1.29 is 13.6 Å². The van der Waals surface area contributed by atoms with Crippen molar-refractivity contribution in [2.45, 2.75) is 25.9 Å². The Labute approximate surface area is 156 Å². The fourth-order valence-electron chi connectivity index (χ4n) is 3.64. The number of para-hydroxylation sites is 1. The van der Waals surface area contributed by atoms with Crippen molar-refractivity contribution in [2.24, 2.45) is 0 Å². The van der Waals surface area contributed by atoms with Crippen LogP contribution in [0.2, 0.25) is 0 Å². The van der Waals surface area contributed by atoms with Crippen LogP contribution in [-0.4, -0.2) is 15.5 Å². The molecule has 1 N–H and O–H groups in total. The van der Waals surface area contributed by atoms with Crippen molar-refractivity contribution in [2.75, 3.05) is 5.32 Å². The molecule has 0 spiro atoms. The average Bonchev–Trinajstić information content (AvgIpc) is 3.08. The summed E-state index contributed by atoms with van der Waals surface area (Å²) < 4.78 is 29.2. The van der Waals surface area contributed by atoms with Crippen molar-refractivity contribution in [1.82, 2.24) is 9.47 Å². The van der Waals surface area contributed by atoms with Crippen LogP contribution >= 0.6 is 0 Å². The fraction of sp³-hybridized carbons (Fsp3) is 0.190. The van der Waals surface area contributed by atoms with Crippen LogP contribution in [0, 0.1) is 11.6 Å². The second-order valence-corrected chi connectivity index (χ2v) is 6.54. The molecule has 1 atom stereocenters. The Bertz CT molecular complexity index is 999. The quantitative estimate of drug-likeness (QED) is 0.660. The minimum Gasteiger partial charge on any atom is -0.318 e. The number of fused-ring (bicyclic) bond motifs is 3. The molecule has 0 bridgehead atoms. The van der Waals surface area contributed by atoms with Crippen LogP contribution in [0.3, 0.4) is 0 Å². The maximum atomic E-state index is 14.0. The van der Waals surface area contributed by atoms with E-state index in [9.17, 15) is 13.6 Å². The van der Waals surface area contributed by atoms with Gasteiger partial charge in [-0.25, -0.2) is 13.6 Å². The second kappa shape index (κ2) is 6.87. The molecule has 0 aliphatic carbocycles. The second-order valence-electron chi connectivity index (χ2n) is 6.54. The molecule has 1 aromatic heterocycles. The number of aromatic nitrogens is 1. The molecule has 0 unspecified atom stereocenters. The topological polar surface area (TPSA) is 37.3 Å². The fourth-order valence-corrected chi connectivity index (χ4v) is 3.64. The van der Waals surface area contributed by atoms with Crippen molar-refractivity contribution in [3.05, 3.63) is 83.7 Å². The molecule has 138 valence electrons. The van der Waals surface area contributed by atoms with Gasteiger partial charge in [-0.2, -0.15) is 0 Å². The van der Waals surface area contributed by atoms with Crippen LogP contribution in [0.5, 0.6) is 0 Å². The molecule has 1 aliphatic rings. The minimum absolute atomic E-state index is 0.0378. The predicted octanol–water partition coefficient (Wildman–Crippen LogP) is 5.25. The lowest BCUT2D eigenvalue weighted by atomic mass is 10.1. The largest absolute Gasteiger partial charge is 0.322 e. The number of anilines is 1. The highest BCUT2D eigenvalue weighted by molar-refractivity contribution is 5.90. The first-order chi connectivity index (χ1) is 13.1. The number of rotatable bonds is 2. The van der Waals surface area contributed by atoms with Gasteiger partial charge in [0.15, 0.2) is 0 Å². The van der Waals surface area contributed by atoms with E-state index in [4.69, 9.17) is 0 Å². The van der Waals surface area contributed by atoms with Crippen LogP contribution in [0.15, 0.2) is 60.8 Å². The Balaban J connectivity index is 1.72. The van der Waals surface area contributed by atoms with E-state index in [0.717, 1.165) is 29.1 Å². The van der Waals surface area contributed by atoms with Crippen molar-refractivity contribution in [3.8, 4) is 5.69 Å². The van der Waals surface area contributed by atoms with Crippen LogP contribution in [0.4, 0.5) is 19.3 Å². The molecule has 4 nitrogen and oxygen atoms in total. The molecule has 3 aromatic rings. The monoisotopic (exact) mass is 367 g/mol. The standard InChI is InChI=1S/C21H19F2N3O/c1-2-18-20-8-5-11-25(20)19-7-4-3-6-14(19)13-26(18)21(27)24-17-10-9-15(22)12-16(17)23/h3-12,18H,2,13H2,1H3,(H,24,27)/t18-/m1/s1. The zero-order valence-electron chi connectivity index (χ0n) is 14.8. The van der Waals surface area contributed by atoms with Gasteiger partial charge in [0.25, 0.3) is 0 Å². The van der Waals surface area contributed by atoms with E-state index >= 15 is 0 Å². The van der Waals surface area contributed by atoms with Gasteiger partial charge in [-0.15, -0.1) is 0 Å². The third-order valence-corrected chi connectivity index (χ3v) is 4.91. The van der Waals surface area contributed by atoms with Gasteiger partial charge in [-0.05, 0) is 42.3 Å². The third-order valence-electron chi connectivity index (χ3n) is 4.91. The van der Waals surface area contributed by atoms with Crippen LogP contribution in [0.1, 0.15) is 30.6 Å². The summed E-state index contributed by atoms with van der Waals surface area (Å²) in [5.41, 5.74) is 2.99. The van der Waals surface area contributed by atoms with Gasteiger partial charge < -0.3 is 14.8 Å². The first kappa shape index (κ1) is 17.3. The smallest absolute Gasteiger partial charge is 0.318 e. The summed E-state index contributed by atoms with van der Waals surface area (Å²) in [4.78, 5) is 14.7. The summed E-state index contributed by atoms with van der Waals surface area (Å²) in [5.74, 6) is -1.48. The summed E-state index contributed by atoms with van der Waals surface area (Å²) >= 11 is 0. The summed E-state index contributed by atoms with van der Waals surface area (Å²) in [6.07, 6.45) is 2.69. The van der Waals surface area contributed by atoms with E-state index in [1.807, 2.05) is 49.5 Å². The number of hydrogen-bond donors (Lipinski definition) is 1. The molecular weight excluding hydrogens is 348 g/mol. The van der Waals surface area contributed by atoms with Gasteiger partial charge in [-0.1, -0.05) is 25.1 Å². The number of carbonyl (C=O) groups excluding carboxylic acids is 1. The molecule has 2 aromatic carbocycles.